The van der Waals surface area contributed by atoms with E-state index in [-0.39, 0.29) is 10.8 Å². The summed E-state index contributed by atoms with van der Waals surface area (Å²) >= 11 is 0. The van der Waals surface area contributed by atoms with Gasteiger partial charge in [-0.05, 0) is 36.7 Å². The second kappa shape index (κ2) is 3.83. The van der Waals surface area contributed by atoms with Gasteiger partial charge in [-0.2, -0.15) is 0 Å². The number of fused-ring (bicyclic) bond motifs is 1. The highest BCUT2D eigenvalue weighted by Crippen LogP contribution is 2.56. The monoisotopic (exact) mass is 232 g/mol. The highest BCUT2D eigenvalue weighted by molar-refractivity contribution is 5.83. The van der Waals surface area contributed by atoms with E-state index in [0.29, 0.717) is 17.6 Å². The van der Waals surface area contributed by atoms with Gasteiger partial charge in [0.25, 0.3) is 0 Å². The van der Waals surface area contributed by atoms with Crippen LogP contribution in [0.5, 0.6) is 0 Å². The van der Waals surface area contributed by atoms with Gasteiger partial charge < -0.3 is 0 Å². The maximum Gasteiger partial charge on any atom is 0.136 e. The molecule has 1 heteroatoms. The predicted octanol–water partition coefficient (Wildman–Crippen LogP) is 4.15. The lowest BCUT2D eigenvalue weighted by molar-refractivity contribution is -0.135. The summed E-state index contributed by atoms with van der Waals surface area (Å²) in [6.45, 7) is 10.8. The maximum absolute atomic E-state index is 12.2. The van der Waals surface area contributed by atoms with Crippen LogP contribution < -0.4 is 0 Å². The Labute approximate surface area is 105 Å². The molecular formula is C16H24O. The molecule has 0 fully saturated rings. The van der Waals surface area contributed by atoms with E-state index in [0.717, 1.165) is 12.8 Å². The number of hydrogen-bond donors (Lipinski definition) is 0. The molecule has 0 radical (unpaired) electrons. The Hall–Kier alpha value is -0.850. The highest BCUT2D eigenvalue weighted by Gasteiger charge is 2.52. The first kappa shape index (κ1) is 12.6. The van der Waals surface area contributed by atoms with Gasteiger partial charge in [0.2, 0.25) is 0 Å². The second-order valence-electron chi connectivity index (χ2n) is 6.71. The van der Waals surface area contributed by atoms with Gasteiger partial charge in [-0.25, -0.2) is 0 Å². The Balaban J connectivity index is 2.57. The Morgan fingerprint density at radius 2 is 2.00 bits per heavy atom. The third kappa shape index (κ3) is 1.71. The summed E-state index contributed by atoms with van der Waals surface area (Å²) in [7, 11) is 0. The van der Waals surface area contributed by atoms with Crippen molar-refractivity contribution in [2.24, 2.45) is 22.7 Å². The molecule has 0 amide bonds. The zero-order chi connectivity index (χ0) is 12.8. The minimum absolute atomic E-state index is 0.190. The molecule has 0 aliphatic heterocycles. The average molecular weight is 232 g/mol. The fraction of sp³-hybridized carbons (Fsp3) is 0.688. The summed E-state index contributed by atoms with van der Waals surface area (Å²) < 4.78 is 0. The Morgan fingerprint density at radius 1 is 1.35 bits per heavy atom. The molecule has 2 aliphatic carbocycles. The normalized spacial score (nSPS) is 39.5. The minimum atomic E-state index is -0.196. The van der Waals surface area contributed by atoms with E-state index >= 15 is 0 Å². The number of rotatable bonds is 1. The molecule has 94 valence electrons. The van der Waals surface area contributed by atoms with E-state index in [4.69, 9.17) is 0 Å². The van der Waals surface area contributed by atoms with Crippen LogP contribution in [0.2, 0.25) is 0 Å². The predicted molar refractivity (Wildman–Crippen MR) is 71.7 cm³/mol. The summed E-state index contributed by atoms with van der Waals surface area (Å²) in [6.07, 6.45) is 8.95. The van der Waals surface area contributed by atoms with Crippen molar-refractivity contribution in [1.82, 2.24) is 0 Å². The molecule has 0 aromatic rings. The zero-order valence-corrected chi connectivity index (χ0v) is 11.7. The molecule has 1 nitrogen and oxygen atoms in total. The minimum Gasteiger partial charge on any atom is -0.299 e. The number of hydrogen-bond acceptors (Lipinski definition) is 1. The fourth-order valence-electron chi connectivity index (χ4n) is 3.90. The first-order valence-electron chi connectivity index (χ1n) is 6.68. The lowest BCUT2D eigenvalue weighted by atomic mass is 9.50. The molecule has 0 bridgehead atoms. The SMILES string of the molecule is CC(=O)[C@]1(C)[C@@H](C)CC=C2C=CCC(C)(C)[C@H]21. The van der Waals surface area contributed by atoms with Crippen LogP contribution in [0, 0.1) is 22.7 Å². The van der Waals surface area contributed by atoms with E-state index < -0.39 is 0 Å². The van der Waals surface area contributed by atoms with Gasteiger partial charge in [0.1, 0.15) is 5.78 Å². The lowest BCUT2D eigenvalue weighted by Crippen LogP contribution is -2.50. The standard InChI is InChI=1S/C16H24O/c1-11-8-9-13-7-6-10-15(3,4)14(13)16(11,5)12(2)17/h6-7,9,11,14H,8,10H2,1-5H3/t11-,14-,16-/m0/s1. The van der Waals surface area contributed by atoms with E-state index in [1.807, 2.05) is 0 Å². The van der Waals surface area contributed by atoms with E-state index in [1.54, 1.807) is 6.92 Å². The number of ketones is 1. The van der Waals surface area contributed by atoms with Crippen molar-refractivity contribution in [2.45, 2.75) is 47.5 Å². The third-order valence-corrected chi connectivity index (χ3v) is 5.16. The van der Waals surface area contributed by atoms with Crippen molar-refractivity contribution in [3.05, 3.63) is 23.8 Å². The van der Waals surface area contributed by atoms with Crippen molar-refractivity contribution >= 4 is 5.78 Å². The number of allylic oxidation sites excluding steroid dienone is 4. The van der Waals surface area contributed by atoms with Crippen LogP contribution in [0.1, 0.15) is 47.5 Å². The zero-order valence-electron chi connectivity index (χ0n) is 11.7. The largest absolute Gasteiger partial charge is 0.299 e. The quantitative estimate of drug-likeness (QED) is 0.663. The van der Waals surface area contributed by atoms with Crippen molar-refractivity contribution < 1.29 is 4.79 Å². The average Bonchev–Trinajstić information content (AvgIpc) is 2.22. The number of carbonyl (C=O) groups is 1. The van der Waals surface area contributed by atoms with Crippen LogP contribution in [-0.4, -0.2) is 5.78 Å². The van der Waals surface area contributed by atoms with Crippen molar-refractivity contribution in [3.8, 4) is 0 Å². The molecule has 3 atom stereocenters. The van der Waals surface area contributed by atoms with E-state index in [9.17, 15) is 4.79 Å². The van der Waals surface area contributed by atoms with Gasteiger partial charge in [-0.3, -0.25) is 4.79 Å². The van der Waals surface area contributed by atoms with E-state index in [2.05, 4.69) is 45.9 Å². The van der Waals surface area contributed by atoms with Crippen molar-refractivity contribution in [1.29, 1.82) is 0 Å². The summed E-state index contributed by atoms with van der Waals surface area (Å²) in [6, 6.07) is 0. The van der Waals surface area contributed by atoms with Crippen molar-refractivity contribution in [2.75, 3.05) is 0 Å². The Bertz CT molecular complexity index is 400. The first-order valence-corrected chi connectivity index (χ1v) is 6.68. The molecule has 0 aromatic carbocycles. The summed E-state index contributed by atoms with van der Waals surface area (Å²) in [4.78, 5) is 12.2. The van der Waals surface area contributed by atoms with Gasteiger partial charge in [-0.15, -0.1) is 0 Å². The van der Waals surface area contributed by atoms with Gasteiger partial charge in [-0.1, -0.05) is 45.9 Å². The van der Waals surface area contributed by atoms with Gasteiger partial charge in [0.05, 0.1) is 0 Å². The summed E-state index contributed by atoms with van der Waals surface area (Å²) in [5, 5.41) is 0. The Kier molecular flexibility index (Phi) is 2.84. The van der Waals surface area contributed by atoms with E-state index in [1.165, 1.54) is 5.57 Å². The first-order chi connectivity index (χ1) is 7.80. The molecule has 2 aliphatic rings. The van der Waals surface area contributed by atoms with Crippen LogP contribution in [0.15, 0.2) is 23.8 Å². The summed E-state index contributed by atoms with van der Waals surface area (Å²) in [5.74, 6) is 1.17. The van der Waals surface area contributed by atoms with Crippen LogP contribution >= 0.6 is 0 Å². The topological polar surface area (TPSA) is 17.1 Å². The molecule has 0 heterocycles. The van der Waals surface area contributed by atoms with Crippen LogP contribution in [0.4, 0.5) is 0 Å². The van der Waals surface area contributed by atoms with Crippen molar-refractivity contribution in [3.63, 3.8) is 0 Å². The summed E-state index contributed by atoms with van der Waals surface area (Å²) in [5.41, 5.74) is 1.38. The molecule has 0 unspecified atom stereocenters. The lowest BCUT2D eigenvalue weighted by Gasteiger charge is -2.52. The second-order valence-corrected chi connectivity index (χ2v) is 6.71. The molecule has 0 aromatic heterocycles. The third-order valence-electron chi connectivity index (χ3n) is 5.16. The number of carbonyl (C=O) groups excluding carboxylic acids is 1. The molecule has 0 saturated carbocycles. The molecule has 17 heavy (non-hydrogen) atoms. The molecule has 0 N–H and O–H groups in total. The fourth-order valence-corrected chi connectivity index (χ4v) is 3.90. The highest BCUT2D eigenvalue weighted by atomic mass is 16.1. The Morgan fingerprint density at radius 3 is 2.59 bits per heavy atom. The molecular weight excluding hydrogens is 208 g/mol. The molecule has 0 saturated heterocycles. The van der Waals surface area contributed by atoms with Gasteiger partial charge in [0.15, 0.2) is 0 Å². The van der Waals surface area contributed by atoms with Gasteiger partial charge in [0, 0.05) is 11.3 Å². The number of Topliss-reactive ketones (excluding diaryl/α,β-unsaturated/α-hetero) is 1. The molecule has 0 spiro atoms. The maximum atomic E-state index is 12.2. The molecule has 2 rings (SSSR count). The van der Waals surface area contributed by atoms with Crippen LogP contribution in [0.3, 0.4) is 0 Å². The van der Waals surface area contributed by atoms with Gasteiger partial charge >= 0.3 is 0 Å². The van der Waals surface area contributed by atoms with Crippen LogP contribution in [-0.2, 0) is 4.79 Å². The van der Waals surface area contributed by atoms with Crippen LogP contribution in [0.25, 0.3) is 0 Å². The smallest absolute Gasteiger partial charge is 0.136 e.